The highest BCUT2D eigenvalue weighted by molar-refractivity contribution is 5.95. The van der Waals surface area contributed by atoms with E-state index in [1.54, 1.807) is 12.3 Å². The van der Waals surface area contributed by atoms with Crippen LogP contribution in [0, 0.1) is 5.92 Å². The molecule has 1 amide bonds. The fraction of sp³-hybridized carbons (Fsp3) is 0.556. The maximum absolute atomic E-state index is 12.8. The topological polar surface area (TPSA) is 86.8 Å². The molecule has 1 unspecified atom stereocenters. The number of aromatic amines is 1. The third-order valence-electron chi connectivity index (χ3n) is 5.42. The van der Waals surface area contributed by atoms with Crippen molar-refractivity contribution in [1.29, 1.82) is 0 Å². The Labute approximate surface area is 147 Å². The second-order valence-electron chi connectivity index (χ2n) is 7.32. The molecular weight excluding hydrogens is 316 g/mol. The van der Waals surface area contributed by atoms with Crippen molar-refractivity contribution in [3.8, 4) is 0 Å². The van der Waals surface area contributed by atoms with Gasteiger partial charge in [-0.05, 0) is 50.2 Å². The zero-order valence-corrected chi connectivity index (χ0v) is 14.5. The lowest BCUT2D eigenvalue weighted by Gasteiger charge is -2.40. The summed E-state index contributed by atoms with van der Waals surface area (Å²) in [6.07, 6.45) is 8.50. The molecule has 7 nitrogen and oxygen atoms in total. The van der Waals surface area contributed by atoms with Gasteiger partial charge in [0.05, 0.1) is 5.54 Å². The zero-order valence-electron chi connectivity index (χ0n) is 14.5. The van der Waals surface area contributed by atoms with E-state index in [-0.39, 0.29) is 5.91 Å². The Balaban J connectivity index is 1.52. The molecule has 7 heteroatoms. The Morgan fingerprint density at radius 2 is 2.24 bits per heavy atom. The molecule has 2 N–H and O–H groups in total. The van der Waals surface area contributed by atoms with Crippen LogP contribution in [0.1, 0.15) is 55.2 Å². The molecule has 0 bridgehead atoms. The van der Waals surface area contributed by atoms with Crippen LogP contribution in [-0.4, -0.2) is 39.2 Å². The predicted molar refractivity (Wildman–Crippen MR) is 94.2 cm³/mol. The SMILES string of the molecule is CC1CCCN(c2cc(C(=O)NC3(c4ncn[nH]4)CCC3)ccn2)C1. The van der Waals surface area contributed by atoms with Gasteiger partial charge in [-0.25, -0.2) is 9.97 Å². The number of hydrogen-bond donors (Lipinski definition) is 2. The molecule has 2 fully saturated rings. The molecular formula is C18H24N6O. The molecule has 0 radical (unpaired) electrons. The standard InChI is InChI=1S/C18H24N6O/c1-13-4-2-9-24(11-13)15-10-14(5-8-19-15)16(25)22-18(6-3-7-18)17-20-12-21-23-17/h5,8,10,12-13H,2-4,6-7,9,11H2,1H3,(H,22,25)(H,20,21,23). The Bertz CT molecular complexity index is 740. The minimum absolute atomic E-state index is 0.0789. The highest BCUT2D eigenvalue weighted by Crippen LogP contribution is 2.39. The van der Waals surface area contributed by atoms with E-state index in [9.17, 15) is 4.79 Å². The van der Waals surface area contributed by atoms with E-state index >= 15 is 0 Å². The summed E-state index contributed by atoms with van der Waals surface area (Å²) in [6, 6.07) is 3.68. The van der Waals surface area contributed by atoms with Gasteiger partial charge in [0.15, 0.2) is 0 Å². The second-order valence-corrected chi connectivity index (χ2v) is 7.32. The molecule has 0 aromatic carbocycles. The molecule has 3 heterocycles. The molecule has 1 aliphatic carbocycles. The Hall–Kier alpha value is -2.44. The average molecular weight is 340 g/mol. The predicted octanol–water partition coefficient (Wildman–Crippen LogP) is 2.25. The first-order valence-electron chi connectivity index (χ1n) is 9.06. The summed E-state index contributed by atoms with van der Waals surface area (Å²) in [4.78, 5) is 23.8. The van der Waals surface area contributed by atoms with Crippen LogP contribution >= 0.6 is 0 Å². The second kappa shape index (κ2) is 6.46. The maximum Gasteiger partial charge on any atom is 0.252 e. The summed E-state index contributed by atoms with van der Waals surface area (Å²) in [5.74, 6) is 2.22. The van der Waals surface area contributed by atoms with Gasteiger partial charge < -0.3 is 10.2 Å². The van der Waals surface area contributed by atoms with Crippen molar-refractivity contribution in [3.05, 3.63) is 36.0 Å². The van der Waals surface area contributed by atoms with E-state index in [0.29, 0.717) is 11.5 Å². The Morgan fingerprint density at radius 1 is 1.36 bits per heavy atom. The van der Waals surface area contributed by atoms with Gasteiger partial charge in [-0.2, -0.15) is 5.10 Å². The molecule has 25 heavy (non-hydrogen) atoms. The van der Waals surface area contributed by atoms with Crippen molar-refractivity contribution in [1.82, 2.24) is 25.5 Å². The lowest BCUT2D eigenvalue weighted by Crippen LogP contribution is -2.51. The summed E-state index contributed by atoms with van der Waals surface area (Å²) in [5, 5.41) is 10.0. The number of H-pyrrole nitrogens is 1. The third kappa shape index (κ3) is 3.10. The summed E-state index contributed by atoms with van der Waals surface area (Å²) in [5.41, 5.74) is 0.241. The normalized spacial score (nSPS) is 22.3. The fourth-order valence-electron chi connectivity index (χ4n) is 3.81. The lowest BCUT2D eigenvalue weighted by atomic mass is 9.76. The highest BCUT2D eigenvalue weighted by Gasteiger charge is 2.42. The summed E-state index contributed by atoms with van der Waals surface area (Å²) >= 11 is 0. The zero-order chi connectivity index (χ0) is 17.3. The minimum atomic E-state index is -0.406. The average Bonchev–Trinajstić information content (AvgIpc) is 3.13. The van der Waals surface area contributed by atoms with Crippen LogP contribution < -0.4 is 10.2 Å². The first-order chi connectivity index (χ1) is 12.2. The van der Waals surface area contributed by atoms with E-state index in [1.807, 2.05) is 6.07 Å². The smallest absolute Gasteiger partial charge is 0.252 e. The Kier molecular flexibility index (Phi) is 4.15. The van der Waals surface area contributed by atoms with Crippen LogP contribution in [0.15, 0.2) is 24.7 Å². The van der Waals surface area contributed by atoms with Crippen LogP contribution in [-0.2, 0) is 5.54 Å². The molecule has 1 atom stereocenters. The first-order valence-corrected chi connectivity index (χ1v) is 9.06. The van der Waals surface area contributed by atoms with Crippen molar-refractivity contribution < 1.29 is 4.79 Å². The number of rotatable bonds is 4. The quantitative estimate of drug-likeness (QED) is 0.891. The third-order valence-corrected chi connectivity index (χ3v) is 5.42. The largest absolute Gasteiger partial charge is 0.356 e. The number of hydrogen-bond acceptors (Lipinski definition) is 5. The van der Waals surface area contributed by atoms with Gasteiger partial charge in [0, 0.05) is 24.8 Å². The van der Waals surface area contributed by atoms with Crippen LogP contribution in [0.3, 0.4) is 0 Å². The lowest BCUT2D eigenvalue weighted by molar-refractivity contribution is 0.0809. The molecule has 2 aromatic heterocycles. The van der Waals surface area contributed by atoms with Crippen molar-refractivity contribution in [2.75, 3.05) is 18.0 Å². The van der Waals surface area contributed by atoms with E-state index in [4.69, 9.17) is 0 Å². The molecule has 0 spiro atoms. The number of pyridine rings is 1. The monoisotopic (exact) mass is 340 g/mol. The maximum atomic E-state index is 12.8. The number of piperidine rings is 1. The van der Waals surface area contributed by atoms with E-state index in [0.717, 1.165) is 44.0 Å². The van der Waals surface area contributed by atoms with Crippen molar-refractivity contribution in [3.63, 3.8) is 0 Å². The van der Waals surface area contributed by atoms with Crippen LogP contribution in [0.5, 0.6) is 0 Å². The van der Waals surface area contributed by atoms with Crippen LogP contribution in [0.25, 0.3) is 0 Å². The van der Waals surface area contributed by atoms with E-state index < -0.39 is 5.54 Å². The molecule has 1 saturated carbocycles. The van der Waals surface area contributed by atoms with Crippen molar-refractivity contribution in [2.45, 2.75) is 44.6 Å². The van der Waals surface area contributed by atoms with Gasteiger partial charge in [0.1, 0.15) is 18.0 Å². The van der Waals surface area contributed by atoms with Gasteiger partial charge in [-0.3, -0.25) is 9.89 Å². The number of nitrogens with one attached hydrogen (secondary N) is 2. The minimum Gasteiger partial charge on any atom is -0.356 e. The van der Waals surface area contributed by atoms with Crippen LogP contribution in [0.2, 0.25) is 0 Å². The van der Waals surface area contributed by atoms with Crippen molar-refractivity contribution >= 4 is 11.7 Å². The molecule has 1 aliphatic heterocycles. The number of anilines is 1. The molecule has 4 rings (SSSR count). The number of nitrogens with zero attached hydrogens (tertiary/aromatic N) is 4. The van der Waals surface area contributed by atoms with Gasteiger partial charge in [0.25, 0.3) is 5.91 Å². The van der Waals surface area contributed by atoms with E-state index in [2.05, 4.69) is 37.3 Å². The van der Waals surface area contributed by atoms with Gasteiger partial charge in [-0.1, -0.05) is 6.92 Å². The number of carbonyl (C=O) groups is 1. The summed E-state index contributed by atoms with van der Waals surface area (Å²) in [7, 11) is 0. The number of aromatic nitrogens is 4. The first kappa shape index (κ1) is 16.1. The molecule has 2 aromatic rings. The van der Waals surface area contributed by atoms with E-state index in [1.165, 1.54) is 19.2 Å². The fourth-order valence-corrected chi connectivity index (χ4v) is 3.81. The molecule has 132 valence electrons. The Morgan fingerprint density at radius 3 is 2.92 bits per heavy atom. The van der Waals surface area contributed by atoms with Crippen LogP contribution in [0.4, 0.5) is 5.82 Å². The van der Waals surface area contributed by atoms with Gasteiger partial charge >= 0.3 is 0 Å². The summed E-state index contributed by atoms with van der Waals surface area (Å²) < 4.78 is 0. The molecule has 1 saturated heterocycles. The highest BCUT2D eigenvalue weighted by atomic mass is 16.1. The molecule has 2 aliphatic rings. The number of amides is 1. The van der Waals surface area contributed by atoms with Gasteiger partial charge in [0.2, 0.25) is 0 Å². The van der Waals surface area contributed by atoms with Gasteiger partial charge in [-0.15, -0.1) is 0 Å². The number of carbonyl (C=O) groups excluding carboxylic acids is 1. The van der Waals surface area contributed by atoms with Crippen molar-refractivity contribution in [2.24, 2.45) is 5.92 Å². The summed E-state index contributed by atoms with van der Waals surface area (Å²) in [6.45, 7) is 4.27.